The highest BCUT2D eigenvalue weighted by Crippen LogP contribution is 2.28. The van der Waals surface area contributed by atoms with Crippen molar-refractivity contribution in [3.05, 3.63) is 11.7 Å². The van der Waals surface area contributed by atoms with Gasteiger partial charge in [0.25, 0.3) is 0 Å². The normalized spacial score (nSPS) is 18.3. The topological polar surface area (TPSA) is 68.4 Å². The molecule has 1 heterocycles. The number of aliphatic hydroxyl groups is 1. The highest BCUT2D eigenvalue weighted by Gasteiger charge is 2.27. The van der Waals surface area contributed by atoms with Gasteiger partial charge in [-0.2, -0.15) is 18.2 Å². The second kappa shape index (κ2) is 7.22. The summed E-state index contributed by atoms with van der Waals surface area (Å²) < 4.78 is 45.1. The van der Waals surface area contributed by atoms with Crippen LogP contribution < -0.4 is 0 Å². The third-order valence-electron chi connectivity index (χ3n) is 3.57. The maximum absolute atomic E-state index is 11.9. The molecular formula is C13H19F3N2O3. The lowest BCUT2D eigenvalue weighted by atomic mass is 9.98. The Morgan fingerprint density at radius 2 is 2.05 bits per heavy atom. The Kier molecular flexibility index (Phi) is 5.58. The Bertz CT molecular complexity index is 431. The van der Waals surface area contributed by atoms with E-state index in [9.17, 15) is 18.3 Å². The number of halogens is 3. The van der Waals surface area contributed by atoms with Crippen LogP contribution in [0.1, 0.15) is 37.4 Å². The second-order valence-electron chi connectivity index (χ2n) is 5.34. The lowest BCUT2D eigenvalue weighted by molar-refractivity contribution is -0.173. The van der Waals surface area contributed by atoms with Gasteiger partial charge in [0, 0.05) is 6.42 Å². The minimum atomic E-state index is -4.33. The summed E-state index contributed by atoms with van der Waals surface area (Å²) in [5.41, 5.74) is 0. The number of hydrogen-bond acceptors (Lipinski definition) is 5. The van der Waals surface area contributed by atoms with Crippen LogP contribution in [0.15, 0.2) is 4.52 Å². The predicted octanol–water partition coefficient (Wildman–Crippen LogP) is 2.28. The molecule has 0 radical (unpaired) electrons. The molecule has 0 aromatic carbocycles. The Labute approximate surface area is 120 Å². The molecule has 1 aromatic rings. The van der Waals surface area contributed by atoms with Gasteiger partial charge < -0.3 is 14.4 Å². The van der Waals surface area contributed by atoms with E-state index in [1.807, 2.05) is 0 Å². The van der Waals surface area contributed by atoms with E-state index < -0.39 is 18.9 Å². The highest BCUT2D eigenvalue weighted by atomic mass is 19.4. The van der Waals surface area contributed by atoms with Gasteiger partial charge in [-0.25, -0.2) is 0 Å². The van der Waals surface area contributed by atoms with Crippen LogP contribution in [-0.4, -0.2) is 40.7 Å². The largest absolute Gasteiger partial charge is 0.411 e. The van der Waals surface area contributed by atoms with E-state index in [1.165, 1.54) is 0 Å². The molecule has 1 saturated carbocycles. The fourth-order valence-corrected chi connectivity index (χ4v) is 2.51. The van der Waals surface area contributed by atoms with E-state index in [0.717, 1.165) is 25.7 Å². The smallest absolute Gasteiger partial charge is 0.392 e. The Hall–Kier alpha value is -1.15. The number of rotatable bonds is 7. The van der Waals surface area contributed by atoms with Crippen LogP contribution in [0, 0.1) is 5.92 Å². The van der Waals surface area contributed by atoms with E-state index >= 15 is 0 Å². The van der Waals surface area contributed by atoms with Crippen molar-refractivity contribution >= 4 is 0 Å². The fourth-order valence-electron chi connectivity index (χ4n) is 2.51. The molecule has 1 fully saturated rings. The zero-order valence-electron chi connectivity index (χ0n) is 11.6. The second-order valence-corrected chi connectivity index (χ2v) is 5.34. The zero-order valence-corrected chi connectivity index (χ0v) is 11.6. The first-order valence-electron chi connectivity index (χ1n) is 7.08. The molecule has 2 rings (SSSR count). The van der Waals surface area contributed by atoms with Gasteiger partial charge in [0.15, 0.2) is 5.82 Å². The third-order valence-corrected chi connectivity index (χ3v) is 3.57. The van der Waals surface area contributed by atoms with Gasteiger partial charge >= 0.3 is 6.18 Å². The van der Waals surface area contributed by atoms with Crippen molar-refractivity contribution in [2.75, 3.05) is 13.2 Å². The van der Waals surface area contributed by atoms with Crippen LogP contribution in [-0.2, 0) is 17.6 Å². The quantitative estimate of drug-likeness (QED) is 0.783. The van der Waals surface area contributed by atoms with E-state index in [1.54, 1.807) is 0 Å². The minimum absolute atomic E-state index is 0.121. The predicted molar refractivity (Wildman–Crippen MR) is 66.5 cm³/mol. The molecule has 21 heavy (non-hydrogen) atoms. The molecule has 0 aliphatic heterocycles. The summed E-state index contributed by atoms with van der Waals surface area (Å²) in [6, 6.07) is 0. The molecule has 1 aliphatic rings. The minimum Gasteiger partial charge on any atom is -0.392 e. The number of nitrogens with zero attached hydrogens (tertiary/aromatic N) is 2. The van der Waals surface area contributed by atoms with Crippen molar-refractivity contribution in [3.63, 3.8) is 0 Å². The summed E-state index contributed by atoms with van der Waals surface area (Å²) in [5.74, 6) is 0.890. The molecular weight excluding hydrogens is 289 g/mol. The van der Waals surface area contributed by atoms with Gasteiger partial charge in [0.2, 0.25) is 5.89 Å². The average molecular weight is 308 g/mol. The lowest BCUT2D eigenvalue weighted by Gasteiger charge is -2.14. The summed E-state index contributed by atoms with van der Waals surface area (Å²) in [4.78, 5) is 4.06. The molecule has 0 saturated heterocycles. The first-order valence-corrected chi connectivity index (χ1v) is 7.08. The highest BCUT2D eigenvalue weighted by molar-refractivity contribution is 4.90. The van der Waals surface area contributed by atoms with Gasteiger partial charge in [-0.05, 0) is 18.8 Å². The molecule has 120 valence electrons. The number of hydrogen-bond donors (Lipinski definition) is 1. The summed E-state index contributed by atoms with van der Waals surface area (Å²) in [6.45, 7) is -1.40. The third kappa shape index (κ3) is 5.62. The summed E-state index contributed by atoms with van der Waals surface area (Å²) in [6.07, 6.45) is -0.0995. The molecule has 1 aromatic heterocycles. The monoisotopic (exact) mass is 308 g/mol. The maximum Gasteiger partial charge on any atom is 0.411 e. The first-order chi connectivity index (χ1) is 9.94. The Morgan fingerprint density at radius 3 is 2.71 bits per heavy atom. The molecule has 8 heteroatoms. The summed E-state index contributed by atoms with van der Waals surface area (Å²) in [7, 11) is 0. The van der Waals surface area contributed by atoms with Gasteiger partial charge in [0.05, 0.1) is 19.1 Å². The van der Waals surface area contributed by atoms with Crippen LogP contribution in [0.2, 0.25) is 0 Å². The fraction of sp³-hybridized carbons (Fsp3) is 0.846. The zero-order chi connectivity index (χ0) is 15.3. The first kappa shape index (κ1) is 16.2. The molecule has 0 bridgehead atoms. The van der Waals surface area contributed by atoms with E-state index in [2.05, 4.69) is 14.9 Å². The molecule has 0 spiro atoms. The van der Waals surface area contributed by atoms with E-state index in [4.69, 9.17) is 4.52 Å². The van der Waals surface area contributed by atoms with Gasteiger partial charge in [-0.1, -0.05) is 18.0 Å². The van der Waals surface area contributed by atoms with Crippen LogP contribution in [0.25, 0.3) is 0 Å². The lowest BCUT2D eigenvalue weighted by Crippen LogP contribution is -2.20. The summed E-state index contributed by atoms with van der Waals surface area (Å²) >= 11 is 0. The van der Waals surface area contributed by atoms with Crippen molar-refractivity contribution in [1.82, 2.24) is 10.1 Å². The molecule has 1 unspecified atom stereocenters. The number of aromatic nitrogens is 2. The van der Waals surface area contributed by atoms with Gasteiger partial charge in [-0.3, -0.25) is 0 Å². The van der Waals surface area contributed by atoms with Gasteiger partial charge in [0.1, 0.15) is 6.61 Å². The van der Waals surface area contributed by atoms with Crippen molar-refractivity contribution in [2.24, 2.45) is 5.92 Å². The standard InChI is InChI=1S/C13H19F3N2O3/c14-13(15,16)8-20-6-5-11-17-12(21-18-11)7-10(19)9-3-1-2-4-9/h9-10,19H,1-8H2. The van der Waals surface area contributed by atoms with E-state index in [-0.39, 0.29) is 18.9 Å². The number of aliphatic hydroxyl groups excluding tert-OH is 1. The molecule has 5 nitrogen and oxygen atoms in total. The Balaban J connectivity index is 1.71. The van der Waals surface area contributed by atoms with Crippen molar-refractivity contribution in [1.29, 1.82) is 0 Å². The van der Waals surface area contributed by atoms with Crippen molar-refractivity contribution in [3.8, 4) is 0 Å². The number of ether oxygens (including phenoxy) is 1. The number of alkyl halides is 3. The Morgan fingerprint density at radius 1 is 1.33 bits per heavy atom. The van der Waals surface area contributed by atoms with Crippen LogP contribution in [0.3, 0.4) is 0 Å². The van der Waals surface area contributed by atoms with E-state index in [0.29, 0.717) is 18.1 Å². The van der Waals surface area contributed by atoms with Crippen LogP contribution in [0.4, 0.5) is 13.2 Å². The SMILES string of the molecule is OC(Cc1nc(CCOCC(F)(F)F)no1)C1CCCC1. The molecule has 1 atom stereocenters. The van der Waals surface area contributed by atoms with Crippen molar-refractivity contribution in [2.45, 2.75) is 50.8 Å². The van der Waals surface area contributed by atoms with Gasteiger partial charge in [-0.15, -0.1) is 0 Å². The van der Waals surface area contributed by atoms with Crippen LogP contribution >= 0.6 is 0 Å². The summed E-state index contributed by atoms with van der Waals surface area (Å²) in [5, 5.41) is 13.7. The van der Waals surface area contributed by atoms with Crippen molar-refractivity contribution < 1.29 is 27.5 Å². The van der Waals surface area contributed by atoms with Crippen LogP contribution in [0.5, 0.6) is 0 Å². The molecule has 1 N–H and O–H groups in total. The maximum atomic E-state index is 11.9. The average Bonchev–Trinajstić information content (AvgIpc) is 3.05. The molecule has 0 amide bonds. The molecule has 1 aliphatic carbocycles.